The number of benzene rings is 1. The number of allylic oxidation sites excluding steroid dienone is 2. The first kappa shape index (κ1) is 10.4. The van der Waals surface area contributed by atoms with Crippen LogP contribution in [0.5, 0.6) is 0 Å². The van der Waals surface area contributed by atoms with Crippen molar-refractivity contribution in [2.75, 3.05) is 0 Å². The third-order valence-corrected chi connectivity index (χ3v) is 4.88. The van der Waals surface area contributed by atoms with E-state index in [0.717, 1.165) is 5.58 Å². The van der Waals surface area contributed by atoms with Gasteiger partial charge in [-0.05, 0) is 24.8 Å². The number of hydrogen-bond acceptors (Lipinski definition) is 1. The zero-order valence-corrected chi connectivity index (χ0v) is 10.9. The van der Waals surface area contributed by atoms with Gasteiger partial charge in [0.25, 0.3) is 0 Å². The minimum atomic E-state index is 0.121. The second-order valence-corrected chi connectivity index (χ2v) is 6.24. The zero-order chi connectivity index (χ0) is 12.3. The quantitative estimate of drug-likeness (QED) is 0.602. The summed E-state index contributed by atoms with van der Waals surface area (Å²) in [5.41, 5.74) is 2.62. The van der Waals surface area contributed by atoms with Gasteiger partial charge in [0.15, 0.2) is 0 Å². The molecule has 0 saturated carbocycles. The van der Waals surface area contributed by atoms with Gasteiger partial charge in [-0.1, -0.05) is 44.2 Å². The fourth-order valence-electron chi connectivity index (χ4n) is 3.74. The second-order valence-electron chi connectivity index (χ2n) is 6.24. The van der Waals surface area contributed by atoms with E-state index in [1.54, 1.807) is 0 Å². The van der Waals surface area contributed by atoms with Gasteiger partial charge in [0.2, 0.25) is 0 Å². The summed E-state index contributed by atoms with van der Waals surface area (Å²) in [6.45, 7) is 4.66. The number of fused-ring (bicyclic) bond motifs is 2. The van der Waals surface area contributed by atoms with Crippen LogP contribution in [0.2, 0.25) is 0 Å². The maximum Gasteiger partial charge on any atom is 0.134 e. The highest BCUT2D eigenvalue weighted by Crippen LogP contribution is 2.51. The standard InChI is InChI=1S/C17H18O/c1-17(2)12-9-7-11(8-10-12)15-13-5-3-4-6-14(13)18-16(15)17/h3-7,9,11-12H,8,10H2,1-2H3/t11-,12+/m1/s1. The molecule has 0 amide bonds. The molecule has 92 valence electrons. The summed E-state index contributed by atoms with van der Waals surface area (Å²) in [5, 5.41) is 1.32. The Kier molecular flexibility index (Phi) is 1.90. The van der Waals surface area contributed by atoms with Crippen LogP contribution in [0.15, 0.2) is 40.8 Å². The van der Waals surface area contributed by atoms with Crippen molar-refractivity contribution in [2.24, 2.45) is 5.92 Å². The predicted octanol–water partition coefficient (Wildman–Crippen LogP) is 4.77. The van der Waals surface area contributed by atoms with Gasteiger partial charge in [0, 0.05) is 22.3 Å². The molecule has 0 fully saturated rings. The number of rotatable bonds is 0. The molecule has 1 aromatic heterocycles. The van der Waals surface area contributed by atoms with Gasteiger partial charge in [-0.2, -0.15) is 0 Å². The summed E-state index contributed by atoms with van der Waals surface area (Å²) < 4.78 is 6.23. The first-order valence-electron chi connectivity index (χ1n) is 6.88. The number of hydrogen-bond donors (Lipinski definition) is 0. The normalized spacial score (nSPS) is 28.3. The molecule has 0 saturated heterocycles. The maximum absolute atomic E-state index is 6.23. The Hall–Kier alpha value is -1.50. The summed E-state index contributed by atoms with van der Waals surface area (Å²) >= 11 is 0. The van der Waals surface area contributed by atoms with Crippen molar-refractivity contribution in [3.05, 3.63) is 47.7 Å². The summed E-state index contributed by atoms with van der Waals surface area (Å²) in [7, 11) is 0. The summed E-state index contributed by atoms with van der Waals surface area (Å²) in [5.74, 6) is 2.40. The molecule has 1 heteroatoms. The molecule has 0 spiro atoms. The molecule has 5 rings (SSSR count). The highest BCUT2D eigenvalue weighted by molar-refractivity contribution is 5.84. The lowest BCUT2D eigenvalue weighted by molar-refractivity contribution is 0.305. The average molecular weight is 238 g/mol. The van der Waals surface area contributed by atoms with Crippen LogP contribution < -0.4 is 0 Å². The molecular formula is C17H18O. The smallest absolute Gasteiger partial charge is 0.134 e. The van der Waals surface area contributed by atoms with Gasteiger partial charge in [0.1, 0.15) is 11.3 Å². The Labute approximate surface area is 107 Å². The second kappa shape index (κ2) is 3.28. The van der Waals surface area contributed by atoms with E-state index in [9.17, 15) is 0 Å². The van der Waals surface area contributed by atoms with Gasteiger partial charge in [0.05, 0.1) is 0 Å². The molecule has 18 heavy (non-hydrogen) atoms. The van der Waals surface area contributed by atoms with Gasteiger partial charge in [-0.25, -0.2) is 0 Å². The van der Waals surface area contributed by atoms with Crippen molar-refractivity contribution >= 4 is 11.0 Å². The lowest BCUT2D eigenvalue weighted by Gasteiger charge is -2.29. The van der Waals surface area contributed by atoms with Crippen LogP contribution in [-0.4, -0.2) is 0 Å². The topological polar surface area (TPSA) is 13.1 Å². The van der Waals surface area contributed by atoms with Gasteiger partial charge in [-0.15, -0.1) is 0 Å². The molecule has 1 nitrogen and oxygen atoms in total. The largest absolute Gasteiger partial charge is 0.460 e. The molecule has 3 aliphatic rings. The maximum atomic E-state index is 6.23. The summed E-state index contributed by atoms with van der Waals surface area (Å²) in [6, 6.07) is 8.48. The highest BCUT2D eigenvalue weighted by atomic mass is 16.3. The van der Waals surface area contributed by atoms with Crippen LogP contribution in [-0.2, 0) is 5.41 Å². The lowest BCUT2D eigenvalue weighted by Crippen LogP contribution is -2.26. The van der Waals surface area contributed by atoms with E-state index in [1.165, 1.54) is 29.6 Å². The molecule has 2 atom stereocenters. The molecule has 2 aromatic rings. The summed E-state index contributed by atoms with van der Waals surface area (Å²) in [6.07, 6.45) is 7.37. The van der Waals surface area contributed by atoms with Crippen molar-refractivity contribution < 1.29 is 4.42 Å². The Morgan fingerprint density at radius 1 is 1.11 bits per heavy atom. The Bertz CT molecular complexity index is 645. The van der Waals surface area contributed by atoms with Gasteiger partial charge in [-0.3, -0.25) is 0 Å². The van der Waals surface area contributed by atoms with Crippen LogP contribution in [0.1, 0.15) is 43.9 Å². The molecule has 0 radical (unpaired) electrons. The molecule has 2 bridgehead atoms. The molecule has 1 heterocycles. The molecule has 0 aliphatic heterocycles. The van der Waals surface area contributed by atoms with Crippen LogP contribution >= 0.6 is 0 Å². The predicted molar refractivity (Wildman–Crippen MR) is 73.8 cm³/mol. The van der Waals surface area contributed by atoms with Gasteiger partial charge >= 0.3 is 0 Å². The lowest BCUT2D eigenvalue weighted by atomic mass is 9.75. The van der Waals surface area contributed by atoms with E-state index in [4.69, 9.17) is 4.42 Å². The fraction of sp³-hybridized carbons (Fsp3) is 0.412. The van der Waals surface area contributed by atoms with E-state index in [-0.39, 0.29) is 5.41 Å². The first-order chi connectivity index (χ1) is 8.68. The average Bonchev–Trinajstić information content (AvgIpc) is 2.71. The number of furan rings is 1. The van der Waals surface area contributed by atoms with E-state index < -0.39 is 0 Å². The van der Waals surface area contributed by atoms with Crippen molar-refractivity contribution in [1.29, 1.82) is 0 Å². The minimum Gasteiger partial charge on any atom is -0.460 e. The minimum absolute atomic E-state index is 0.121. The van der Waals surface area contributed by atoms with Crippen LogP contribution in [0.3, 0.4) is 0 Å². The number of para-hydroxylation sites is 1. The van der Waals surface area contributed by atoms with Gasteiger partial charge < -0.3 is 4.42 Å². The highest BCUT2D eigenvalue weighted by Gasteiger charge is 2.42. The van der Waals surface area contributed by atoms with Crippen LogP contribution in [0.25, 0.3) is 11.0 Å². The van der Waals surface area contributed by atoms with Crippen molar-refractivity contribution in [2.45, 2.75) is 38.0 Å². The third-order valence-electron chi connectivity index (χ3n) is 4.88. The molecule has 0 N–H and O–H groups in total. The summed E-state index contributed by atoms with van der Waals surface area (Å²) in [4.78, 5) is 0. The van der Waals surface area contributed by atoms with Crippen LogP contribution in [0.4, 0.5) is 0 Å². The van der Waals surface area contributed by atoms with Crippen molar-refractivity contribution in [3.63, 3.8) is 0 Å². The first-order valence-corrected chi connectivity index (χ1v) is 6.88. The fourth-order valence-corrected chi connectivity index (χ4v) is 3.74. The Morgan fingerprint density at radius 3 is 2.72 bits per heavy atom. The molecule has 3 aliphatic carbocycles. The van der Waals surface area contributed by atoms with E-state index in [2.05, 4.69) is 50.3 Å². The van der Waals surface area contributed by atoms with E-state index >= 15 is 0 Å². The zero-order valence-electron chi connectivity index (χ0n) is 10.9. The van der Waals surface area contributed by atoms with Crippen molar-refractivity contribution in [1.82, 2.24) is 0 Å². The van der Waals surface area contributed by atoms with Crippen molar-refractivity contribution in [3.8, 4) is 0 Å². The molecular weight excluding hydrogens is 220 g/mol. The van der Waals surface area contributed by atoms with E-state index in [0.29, 0.717) is 11.8 Å². The SMILES string of the molecule is CC1(C)c2oc3ccccc3c2[C@@H]2C=C[C@H]1CC2. The van der Waals surface area contributed by atoms with E-state index in [1.807, 2.05) is 0 Å². The Morgan fingerprint density at radius 2 is 1.94 bits per heavy atom. The third kappa shape index (κ3) is 1.17. The van der Waals surface area contributed by atoms with Crippen LogP contribution in [0, 0.1) is 5.92 Å². The monoisotopic (exact) mass is 238 g/mol. The Balaban J connectivity index is 2.11. The molecule has 1 aromatic carbocycles. The molecule has 0 unspecified atom stereocenters.